The molecule has 0 radical (unpaired) electrons. The predicted octanol–water partition coefficient (Wildman–Crippen LogP) is 4.88. The number of rotatable bonds is 4. The minimum Gasteiger partial charge on any atom is -0.483 e. The molecule has 4 bridgehead atoms. The molecule has 0 aliphatic heterocycles. The van der Waals surface area contributed by atoms with Crippen LogP contribution < -0.4 is 9.47 Å². The van der Waals surface area contributed by atoms with Crippen molar-refractivity contribution in [1.82, 2.24) is 0 Å². The minimum atomic E-state index is -4.87. The van der Waals surface area contributed by atoms with E-state index in [9.17, 15) is 23.1 Å². The molecule has 4 fully saturated rings. The van der Waals surface area contributed by atoms with Crippen molar-refractivity contribution in [3.05, 3.63) is 23.8 Å². The summed E-state index contributed by atoms with van der Waals surface area (Å²) >= 11 is 0. The zero-order valence-electron chi connectivity index (χ0n) is 14.4. The van der Waals surface area contributed by atoms with Gasteiger partial charge in [0.15, 0.2) is 11.5 Å². The number of benzene rings is 1. The molecule has 1 aromatic rings. The standard InChI is InChI=1S/C19H21F3O4/c1-18(13-5-10-4-11(7-13)8-14(18)6-10)25-16-9-12(17(23)24)2-3-15(16)26-19(20,21)22/h2-3,9-11,13-14H,4-8H2,1H3,(H,23,24). The van der Waals surface area contributed by atoms with Crippen molar-refractivity contribution in [3.8, 4) is 11.5 Å². The number of ether oxygens (including phenoxy) is 2. The van der Waals surface area contributed by atoms with Gasteiger partial charge in [0.05, 0.1) is 5.56 Å². The fraction of sp³-hybridized carbons (Fsp3) is 0.632. The van der Waals surface area contributed by atoms with Gasteiger partial charge in [-0.15, -0.1) is 13.2 Å². The second-order valence-corrected chi connectivity index (χ2v) is 8.10. The van der Waals surface area contributed by atoms with E-state index in [2.05, 4.69) is 4.74 Å². The van der Waals surface area contributed by atoms with Gasteiger partial charge in [0.2, 0.25) is 0 Å². The van der Waals surface area contributed by atoms with Gasteiger partial charge < -0.3 is 14.6 Å². The van der Waals surface area contributed by atoms with Crippen LogP contribution in [-0.2, 0) is 0 Å². The van der Waals surface area contributed by atoms with Crippen LogP contribution >= 0.6 is 0 Å². The highest BCUT2D eigenvalue weighted by atomic mass is 19.4. The van der Waals surface area contributed by atoms with Crippen LogP contribution in [0.25, 0.3) is 0 Å². The quantitative estimate of drug-likeness (QED) is 0.821. The van der Waals surface area contributed by atoms with Crippen LogP contribution in [0.15, 0.2) is 18.2 Å². The first-order valence-electron chi connectivity index (χ1n) is 8.96. The number of carboxylic acids is 1. The summed E-state index contributed by atoms with van der Waals surface area (Å²) in [6, 6.07) is 3.25. The smallest absolute Gasteiger partial charge is 0.483 e. The van der Waals surface area contributed by atoms with Crippen LogP contribution in [-0.4, -0.2) is 23.0 Å². The van der Waals surface area contributed by atoms with Crippen LogP contribution in [0.2, 0.25) is 0 Å². The Morgan fingerprint density at radius 2 is 1.65 bits per heavy atom. The Morgan fingerprint density at radius 1 is 1.08 bits per heavy atom. The summed E-state index contributed by atoms with van der Waals surface area (Å²) in [5, 5.41) is 9.19. The van der Waals surface area contributed by atoms with Crippen LogP contribution in [0.3, 0.4) is 0 Å². The zero-order valence-corrected chi connectivity index (χ0v) is 14.4. The summed E-state index contributed by atoms with van der Waals surface area (Å²) in [4.78, 5) is 11.2. The van der Waals surface area contributed by atoms with Gasteiger partial charge in [-0.3, -0.25) is 0 Å². The molecule has 7 heteroatoms. The number of aromatic carboxylic acids is 1. The molecule has 1 N–H and O–H groups in total. The third kappa shape index (κ3) is 3.01. The lowest BCUT2D eigenvalue weighted by atomic mass is 9.50. The first-order valence-corrected chi connectivity index (χ1v) is 8.96. The van der Waals surface area contributed by atoms with Crippen molar-refractivity contribution in [2.75, 3.05) is 0 Å². The van der Waals surface area contributed by atoms with Crippen LogP contribution in [0.5, 0.6) is 11.5 Å². The number of alkyl halides is 3. The van der Waals surface area contributed by atoms with Crippen LogP contribution in [0.1, 0.15) is 49.4 Å². The van der Waals surface area contributed by atoms with Crippen molar-refractivity contribution in [2.24, 2.45) is 23.7 Å². The fourth-order valence-electron chi connectivity index (χ4n) is 5.45. The molecule has 5 rings (SSSR count). The highest BCUT2D eigenvalue weighted by Gasteiger charge is 2.56. The zero-order chi connectivity index (χ0) is 18.7. The molecule has 142 valence electrons. The number of carbonyl (C=O) groups is 1. The second kappa shape index (κ2) is 5.79. The molecular weight excluding hydrogens is 349 g/mol. The molecule has 0 atom stereocenters. The topological polar surface area (TPSA) is 55.8 Å². The van der Waals surface area contributed by atoms with E-state index in [1.807, 2.05) is 6.92 Å². The maximum Gasteiger partial charge on any atom is 0.573 e. The van der Waals surface area contributed by atoms with E-state index >= 15 is 0 Å². The summed E-state index contributed by atoms with van der Waals surface area (Å²) in [6.45, 7) is 1.96. The average molecular weight is 370 g/mol. The predicted molar refractivity (Wildman–Crippen MR) is 86.2 cm³/mol. The maximum absolute atomic E-state index is 12.7. The summed E-state index contributed by atoms with van der Waals surface area (Å²) in [5.41, 5.74) is -0.712. The van der Waals surface area contributed by atoms with Gasteiger partial charge in [-0.1, -0.05) is 0 Å². The van der Waals surface area contributed by atoms with E-state index in [1.165, 1.54) is 6.42 Å². The first kappa shape index (κ1) is 17.5. The SMILES string of the molecule is CC1(Oc2cc(C(=O)O)ccc2OC(F)(F)F)C2CC3CC(C2)CC1C3. The Morgan fingerprint density at radius 3 is 2.15 bits per heavy atom. The van der Waals surface area contributed by atoms with Crippen molar-refractivity contribution in [1.29, 1.82) is 0 Å². The molecule has 0 saturated heterocycles. The normalized spacial score (nSPS) is 35.4. The lowest BCUT2D eigenvalue weighted by Gasteiger charge is -2.59. The molecule has 4 saturated carbocycles. The van der Waals surface area contributed by atoms with Gasteiger partial charge in [0, 0.05) is 0 Å². The Bertz CT molecular complexity index is 700. The molecule has 26 heavy (non-hydrogen) atoms. The summed E-state index contributed by atoms with van der Waals surface area (Å²) < 4.78 is 48.5. The summed E-state index contributed by atoms with van der Waals surface area (Å²) in [5.74, 6) is 0.0890. The molecule has 0 spiro atoms. The lowest BCUT2D eigenvalue weighted by molar-refractivity contribution is -0.275. The Labute approximate surface area is 149 Å². The van der Waals surface area contributed by atoms with Crippen LogP contribution in [0.4, 0.5) is 13.2 Å². The molecular formula is C19H21F3O4. The van der Waals surface area contributed by atoms with Gasteiger partial charge in [0.1, 0.15) is 5.60 Å². The molecule has 4 aliphatic rings. The molecule has 4 aliphatic carbocycles. The minimum absolute atomic E-state index is 0.123. The van der Waals surface area contributed by atoms with Crippen molar-refractivity contribution in [3.63, 3.8) is 0 Å². The van der Waals surface area contributed by atoms with Gasteiger partial charge >= 0.3 is 12.3 Å². The third-order valence-electron chi connectivity index (χ3n) is 6.51. The van der Waals surface area contributed by atoms with Gasteiger partial charge in [-0.05, 0) is 80.9 Å². The fourth-order valence-corrected chi connectivity index (χ4v) is 5.45. The third-order valence-corrected chi connectivity index (χ3v) is 6.51. The van der Waals surface area contributed by atoms with E-state index in [-0.39, 0.29) is 23.1 Å². The van der Waals surface area contributed by atoms with Crippen molar-refractivity contribution in [2.45, 2.75) is 51.0 Å². The maximum atomic E-state index is 12.7. The van der Waals surface area contributed by atoms with E-state index in [4.69, 9.17) is 4.74 Å². The first-order chi connectivity index (χ1) is 12.1. The highest BCUT2D eigenvalue weighted by Crippen LogP contribution is 2.59. The monoisotopic (exact) mass is 370 g/mol. The van der Waals surface area contributed by atoms with Gasteiger partial charge in [-0.2, -0.15) is 0 Å². The Balaban J connectivity index is 1.68. The van der Waals surface area contributed by atoms with E-state index in [1.54, 1.807) is 0 Å². The summed E-state index contributed by atoms with van der Waals surface area (Å²) in [6.07, 6.45) is 0.484. The average Bonchev–Trinajstić information content (AvgIpc) is 2.52. The van der Waals surface area contributed by atoms with E-state index in [0.29, 0.717) is 11.8 Å². The molecule has 4 nitrogen and oxygen atoms in total. The van der Waals surface area contributed by atoms with E-state index < -0.39 is 23.7 Å². The molecule has 0 unspecified atom stereocenters. The molecule has 0 amide bonds. The number of halogens is 3. The highest BCUT2D eigenvalue weighted by molar-refractivity contribution is 5.88. The van der Waals surface area contributed by atoms with Gasteiger partial charge in [0.25, 0.3) is 0 Å². The lowest BCUT2D eigenvalue weighted by Crippen LogP contribution is -2.59. The Kier molecular flexibility index (Phi) is 3.90. The second-order valence-electron chi connectivity index (χ2n) is 8.10. The number of carboxylic acid groups (broad SMARTS) is 1. The van der Waals surface area contributed by atoms with Crippen LogP contribution in [0, 0.1) is 23.7 Å². The number of hydrogen-bond acceptors (Lipinski definition) is 3. The molecule has 1 aromatic carbocycles. The molecule has 0 aromatic heterocycles. The van der Waals surface area contributed by atoms with Gasteiger partial charge in [-0.25, -0.2) is 4.79 Å². The largest absolute Gasteiger partial charge is 0.573 e. The Hall–Kier alpha value is -1.92. The summed E-state index contributed by atoms with van der Waals surface area (Å²) in [7, 11) is 0. The van der Waals surface area contributed by atoms with E-state index in [0.717, 1.165) is 43.9 Å². The molecule has 0 heterocycles. The van der Waals surface area contributed by atoms with Crippen molar-refractivity contribution >= 4 is 5.97 Å². The van der Waals surface area contributed by atoms with Crippen molar-refractivity contribution < 1.29 is 32.5 Å². The number of hydrogen-bond donors (Lipinski definition) is 1.